The number of rotatable bonds is 15. The molecule has 1 unspecified atom stereocenters. The molecule has 2 atom stereocenters. The highest BCUT2D eigenvalue weighted by molar-refractivity contribution is 6.38. The number of methoxy groups -OCH3 is 2. The zero-order valence-corrected chi connectivity index (χ0v) is 25.3. The molecule has 1 N–H and O–H groups in total. The van der Waals surface area contributed by atoms with Gasteiger partial charge in [0, 0.05) is 18.4 Å². The number of Topliss-reactive ketones (excluding diaryl/α,β-unsaturated/α-hetero) is 2. The Kier molecular flexibility index (Phi) is 11.5. The van der Waals surface area contributed by atoms with Crippen molar-refractivity contribution in [1.29, 1.82) is 0 Å². The number of carboxylic acids is 1. The van der Waals surface area contributed by atoms with E-state index in [1.807, 2.05) is 31.2 Å². The lowest BCUT2D eigenvalue weighted by Crippen LogP contribution is -2.52. The fraction of sp³-hybridized carbons (Fsp3) is 0.515. The van der Waals surface area contributed by atoms with Crippen molar-refractivity contribution in [2.24, 2.45) is 5.41 Å². The van der Waals surface area contributed by atoms with Gasteiger partial charge in [-0.3, -0.25) is 14.4 Å². The highest BCUT2D eigenvalue weighted by atomic mass is 16.5. The van der Waals surface area contributed by atoms with E-state index >= 15 is 0 Å². The zero-order chi connectivity index (χ0) is 30.9. The number of carbonyl (C=O) groups is 4. The fourth-order valence-corrected chi connectivity index (χ4v) is 5.24. The first-order valence-electron chi connectivity index (χ1n) is 14.5. The Bertz CT molecular complexity index is 1270. The number of carboxylic acid groups (broad SMARTS) is 1. The summed E-state index contributed by atoms with van der Waals surface area (Å²) in [4.78, 5) is 52.8. The highest BCUT2D eigenvalue weighted by Crippen LogP contribution is 2.33. The van der Waals surface area contributed by atoms with Crippen LogP contribution in [-0.4, -0.2) is 66.9 Å². The first kappa shape index (κ1) is 32.6. The smallest absolute Gasteiger partial charge is 0.341 e. The molecular formula is C33H43NO8. The Hall–Kier alpha value is -3.88. The Morgan fingerprint density at radius 1 is 1.02 bits per heavy atom. The number of ether oxygens (including phenoxy) is 3. The lowest BCUT2D eigenvalue weighted by molar-refractivity contribution is -0.153. The van der Waals surface area contributed by atoms with Crippen molar-refractivity contribution in [2.45, 2.75) is 77.7 Å². The Morgan fingerprint density at radius 2 is 1.76 bits per heavy atom. The van der Waals surface area contributed by atoms with Gasteiger partial charge in [0.25, 0.3) is 5.91 Å². The highest BCUT2D eigenvalue weighted by Gasteiger charge is 2.40. The van der Waals surface area contributed by atoms with Gasteiger partial charge in [0.15, 0.2) is 23.9 Å². The Morgan fingerprint density at radius 3 is 2.43 bits per heavy atom. The van der Waals surface area contributed by atoms with Crippen LogP contribution in [0.1, 0.15) is 76.3 Å². The average Bonchev–Trinajstić information content (AvgIpc) is 3.01. The van der Waals surface area contributed by atoms with Gasteiger partial charge in [-0.2, -0.15) is 0 Å². The number of carbonyl (C=O) groups excluding carboxylic acids is 3. The van der Waals surface area contributed by atoms with Gasteiger partial charge in [0.2, 0.25) is 5.78 Å². The van der Waals surface area contributed by atoms with Crippen molar-refractivity contribution in [2.75, 3.05) is 27.4 Å². The molecule has 9 heteroatoms. The van der Waals surface area contributed by atoms with Crippen LogP contribution in [0.2, 0.25) is 0 Å². The van der Waals surface area contributed by atoms with Crippen LogP contribution < -0.4 is 14.2 Å². The van der Waals surface area contributed by atoms with Gasteiger partial charge in [0.1, 0.15) is 5.75 Å². The lowest BCUT2D eigenvalue weighted by atomic mass is 9.82. The van der Waals surface area contributed by atoms with Gasteiger partial charge in [-0.05, 0) is 79.8 Å². The zero-order valence-electron chi connectivity index (χ0n) is 25.3. The fourth-order valence-electron chi connectivity index (χ4n) is 5.24. The van der Waals surface area contributed by atoms with Gasteiger partial charge in [-0.1, -0.05) is 39.0 Å². The van der Waals surface area contributed by atoms with Gasteiger partial charge in [-0.25, -0.2) is 4.79 Å². The molecule has 3 rings (SSSR count). The van der Waals surface area contributed by atoms with Crippen LogP contribution in [0.4, 0.5) is 0 Å². The number of ketones is 2. The Balaban J connectivity index is 1.87. The van der Waals surface area contributed by atoms with E-state index in [0.29, 0.717) is 49.5 Å². The standard InChI is InChI=1S/C33H43NO8/c1-6-33(2,3)31(38)32(39)34-17-8-7-12-26(34)27(35)20-24(23-10-9-11-25(19-23)42-21-30(36)37)15-13-22-14-16-28(40-4)29(18-22)41-5/h9-11,14,16,18-19,24,26H,6-8,12-13,15,17,20-21H2,1-5H3,(H,36,37)/t24-,26?/m0/s1. The van der Waals surface area contributed by atoms with Gasteiger partial charge in [-0.15, -0.1) is 0 Å². The van der Waals surface area contributed by atoms with Crippen molar-refractivity contribution < 1.29 is 38.5 Å². The summed E-state index contributed by atoms with van der Waals surface area (Å²) >= 11 is 0. The molecule has 228 valence electrons. The molecular weight excluding hydrogens is 538 g/mol. The van der Waals surface area contributed by atoms with E-state index in [-0.39, 0.29) is 18.1 Å². The molecule has 0 aromatic heterocycles. The summed E-state index contributed by atoms with van der Waals surface area (Å²) < 4.78 is 16.2. The molecule has 1 fully saturated rings. The van der Waals surface area contributed by atoms with Crippen LogP contribution in [0.3, 0.4) is 0 Å². The number of benzene rings is 2. The van der Waals surface area contributed by atoms with E-state index < -0.39 is 35.7 Å². The van der Waals surface area contributed by atoms with Crippen LogP contribution in [0.25, 0.3) is 0 Å². The van der Waals surface area contributed by atoms with Crippen LogP contribution in [-0.2, 0) is 25.6 Å². The summed E-state index contributed by atoms with van der Waals surface area (Å²) in [5, 5.41) is 9.04. The van der Waals surface area contributed by atoms with Crippen LogP contribution >= 0.6 is 0 Å². The number of amides is 1. The molecule has 0 saturated carbocycles. The number of hydrogen-bond donors (Lipinski definition) is 1. The third-order valence-electron chi connectivity index (χ3n) is 8.20. The second-order valence-corrected chi connectivity index (χ2v) is 11.4. The number of aliphatic carboxylic acids is 1. The number of aryl methyl sites for hydroxylation is 1. The number of nitrogens with zero attached hydrogens (tertiary/aromatic N) is 1. The molecule has 0 aliphatic carbocycles. The number of hydrogen-bond acceptors (Lipinski definition) is 7. The quantitative estimate of drug-likeness (QED) is 0.284. The third-order valence-corrected chi connectivity index (χ3v) is 8.20. The molecule has 0 bridgehead atoms. The molecule has 1 heterocycles. The van der Waals surface area contributed by atoms with E-state index in [1.165, 1.54) is 4.90 Å². The molecule has 2 aromatic carbocycles. The summed E-state index contributed by atoms with van der Waals surface area (Å²) in [6.45, 7) is 5.31. The first-order valence-corrected chi connectivity index (χ1v) is 14.5. The molecule has 42 heavy (non-hydrogen) atoms. The molecule has 1 saturated heterocycles. The minimum Gasteiger partial charge on any atom is -0.493 e. The number of likely N-dealkylation sites (tertiary alicyclic amines) is 1. The minimum absolute atomic E-state index is 0.0840. The van der Waals surface area contributed by atoms with Crippen LogP contribution in [0.15, 0.2) is 42.5 Å². The maximum absolute atomic E-state index is 13.9. The maximum atomic E-state index is 13.9. The summed E-state index contributed by atoms with van der Waals surface area (Å²) in [7, 11) is 3.16. The first-order chi connectivity index (χ1) is 20.0. The maximum Gasteiger partial charge on any atom is 0.341 e. The van der Waals surface area contributed by atoms with E-state index in [0.717, 1.165) is 24.0 Å². The summed E-state index contributed by atoms with van der Waals surface area (Å²) in [6.07, 6.45) is 4.01. The average molecular weight is 582 g/mol. The van der Waals surface area contributed by atoms with E-state index in [4.69, 9.17) is 19.3 Å². The largest absolute Gasteiger partial charge is 0.493 e. The van der Waals surface area contributed by atoms with E-state index in [1.54, 1.807) is 46.3 Å². The van der Waals surface area contributed by atoms with E-state index in [9.17, 15) is 19.2 Å². The second-order valence-electron chi connectivity index (χ2n) is 11.4. The normalized spacial score (nSPS) is 15.9. The van der Waals surface area contributed by atoms with Gasteiger partial charge < -0.3 is 24.2 Å². The topological polar surface area (TPSA) is 119 Å². The molecule has 1 aliphatic heterocycles. The van der Waals surface area contributed by atoms with Crippen molar-refractivity contribution >= 4 is 23.4 Å². The second kappa shape index (κ2) is 14.8. The van der Waals surface area contributed by atoms with Crippen molar-refractivity contribution in [3.8, 4) is 17.2 Å². The van der Waals surface area contributed by atoms with Crippen molar-refractivity contribution in [3.05, 3.63) is 53.6 Å². The summed E-state index contributed by atoms with van der Waals surface area (Å²) in [5.74, 6) is -0.797. The van der Waals surface area contributed by atoms with E-state index in [2.05, 4.69) is 0 Å². The third kappa shape index (κ3) is 8.33. The predicted octanol–water partition coefficient (Wildman–Crippen LogP) is 5.23. The van der Waals surface area contributed by atoms with Crippen molar-refractivity contribution in [3.63, 3.8) is 0 Å². The summed E-state index contributed by atoms with van der Waals surface area (Å²) in [6, 6.07) is 12.2. The Labute approximate surface area is 248 Å². The molecule has 1 aliphatic rings. The lowest BCUT2D eigenvalue weighted by Gasteiger charge is -2.36. The van der Waals surface area contributed by atoms with Gasteiger partial charge in [0.05, 0.1) is 20.3 Å². The SMILES string of the molecule is CCC(C)(C)C(=O)C(=O)N1CCCCC1C(=O)C[C@H](CCc1ccc(OC)c(OC)c1)c1cccc(OCC(=O)O)c1. The van der Waals surface area contributed by atoms with Gasteiger partial charge >= 0.3 is 5.97 Å². The molecule has 0 radical (unpaired) electrons. The van der Waals surface area contributed by atoms with Crippen molar-refractivity contribution in [1.82, 2.24) is 4.90 Å². The molecule has 0 spiro atoms. The predicted molar refractivity (Wildman–Crippen MR) is 158 cm³/mol. The van der Waals surface area contributed by atoms with Crippen LogP contribution in [0.5, 0.6) is 17.2 Å². The van der Waals surface area contributed by atoms with Crippen LogP contribution in [0, 0.1) is 5.41 Å². The monoisotopic (exact) mass is 581 g/mol. The molecule has 9 nitrogen and oxygen atoms in total. The minimum atomic E-state index is -1.08. The number of piperidine rings is 1. The molecule has 2 aromatic rings. The molecule has 1 amide bonds. The summed E-state index contributed by atoms with van der Waals surface area (Å²) in [5.41, 5.74) is 1.05.